The minimum atomic E-state index is -3.51. The Morgan fingerprint density at radius 3 is 2.61 bits per heavy atom. The summed E-state index contributed by atoms with van der Waals surface area (Å²) in [7, 11) is -3.51. The first-order chi connectivity index (χ1) is 16.0. The van der Waals surface area contributed by atoms with E-state index in [-0.39, 0.29) is 16.9 Å². The first kappa shape index (κ1) is 24.3. The predicted octanol–water partition coefficient (Wildman–Crippen LogP) is 2.07. The van der Waals surface area contributed by atoms with E-state index in [2.05, 4.69) is 16.3 Å². The Morgan fingerprint density at radius 1 is 1.15 bits per heavy atom. The number of ether oxygens (including phenoxy) is 2. The van der Waals surface area contributed by atoms with Crippen LogP contribution in [0.4, 0.5) is 0 Å². The number of morpholine rings is 1. The summed E-state index contributed by atoms with van der Waals surface area (Å²) in [6.07, 6.45) is 2.28. The van der Waals surface area contributed by atoms with E-state index in [9.17, 15) is 13.2 Å². The molecule has 0 radical (unpaired) electrons. The molecule has 2 fully saturated rings. The van der Waals surface area contributed by atoms with Crippen molar-refractivity contribution in [3.05, 3.63) is 52.2 Å². The zero-order chi connectivity index (χ0) is 23.1. The van der Waals surface area contributed by atoms with Gasteiger partial charge in [0.25, 0.3) is 0 Å². The lowest BCUT2D eigenvalue weighted by molar-refractivity contribution is -0.122. The van der Waals surface area contributed by atoms with Crippen molar-refractivity contribution in [2.75, 3.05) is 46.0 Å². The largest absolute Gasteiger partial charge is 0.379 e. The van der Waals surface area contributed by atoms with Crippen LogP contribution >= 0.6 is 11.3 Å². The number of rotatable bonds is 10. The van der Waals surface area contributed by atoms with Gasteiger partial charge in [-0.15, -0.1) is 11.3 Å². The lowest BCUT2D eigenvalue weighted by Gasteiger charge is -2.26. The predicted molar refractivity (Wildman–Crippen MR) is 126 cm³/mol. The molecule has 8 nitrogen and oxygen atoms in total. The van der Waals surface area contributed by atoms with Gasteiger partial charge in [-0.25, -0.2) is 8.42 Å². The third-order valence-corrected chi connectivity index (χ3v) is 8.61. The Hall–Kier alpha value is -1.82. The van der Waals surface area contributed by atoms with Gasteiger partial charge in [-0.1, -0.05) is 18.2 Å². The van der Waals surface area contributed by atoms with Crippen molar-refractivity contribution in [3.63, 3.8) is 0 Å². The van der Waals surface area contributed by atoms with Gasteiger partial charge < -0.3 is 14.8 Å². The number of amides is 1. The van der Waals surface area contributed by atoms with Gasteiger partial charge in [0.05, 0.1) is 30.8 Å². The second-order valence-corrected chi connectivity index (χ2v) is 11.3. The fourth-order valence-electron chi connectivity index (χ4n) is 4.06. The van der Waals surface area contributed by atoms with Crippen molar-refractivity contribution in [2.24, 2.45) is 0 Å². The molecule has 2 aliphatic rings. The summed E-state index contributed by atoms with van der Waals surface area (Å²) in [6.45, 7) is 4.46. The fourth-order valence-corrected chi connectivity index (χ4v) is 6.21. The van der Waals surface area contributed by atoms with Gasteiger partial charge in [-0.2, -0.15) is 4.31 Å². The normalized spacial score (nSPS) is 19.7. The topological polar surface area (TPSA) is 88.2 Å². The summed E-state index contributed by atoms with van der Waals surface area (Å²) in [5.74, 6) is -0.0606. The number of thiophene rings is 1. The Morgan fingerprint density at radius 2 is 1.94 bits per heavy atom. The molecule has 2 aromatic rings. The maximum Gasteiger partial charge on any atom is 0.243 e. The highest BCUT2D eigenvalue weighted by Crippen LogP contribution is 2.19. The zero-order valence-electron chi connectivity index (χ0n) is 18.6. The molecule has 3 heterocycles. The number of nitrogens with one attached hydrogen (secondary N) is 1. The summed E-state index contributed by atoms with van der Waals surface area (Å²) in [5.41, 5.74) is 0.855. The van der Waals surface area contributed by atoms with E-state index >= 15 is 0 Å². The van der Waals surface area contributed by atoms with Crippen molar-refractivity contribution in [3.8, 4) is 0 Å². The van der Waals surface area contributed by atoms with E-state index in [0.29, 0.717) is 39.4 Å². The van der Waals surface area contributed by atoms with Crippen molar-refractivity contribution in [1.29, 1.82) is 0 Å². The molecule has 1 N–H and O–H groups in total. The van der Waals surface area contributed by atoms with Gasteiger partial charge in [0.15, 0.2) is 0 Å². The van der Waals surface area contributed by atoms with Crippen LogP contribution in [0.25, 0.3) is 0 Å². The van der Waals surface area contributed by atoms with Crippen LogP contribution in [0.1, 0.15) is 23.3 Å². The standard InChI is InChI=1S/C23H31N3O5S2/c27-23(18-25(16-20-3-1-11-31-20)17-21-4-2-14-32-21)24-15-19-5-7-22(8-6-19)33(28,29)26-9-12-30-13-10-26/h2,4-8,14,20H,1,3,9-13,15-18H2,(H,24,27). The second kappa shape index (κ2) is 11.5. The monoisotopic (exact) mass is 493 g/mol. The van der Waals surface area contributed by atoms with Gasteiger partial charge in [0.2, 0.25) is 15.9 Å². The fraction of sp³-hybridized carbons (Fsp3) is 0.522. The van der Waals surface area contributed by atoms with Gasteiger partial charge in [-0.3, -0.25) is 9.69 Å². The molecule has 0 saturated carbocycles. The molecule has 1 aromatic heterocycles. The molecule has 180 valence electrons. The van der Waals surface area contributed by atoms with Crippen molar-refractivity contribution in [2.45, 2.75) is 36.9 Å². The third kappa shape index (κ3) is 6.84. The highest BCUT2D eigenvalue weighted by molar-refractivity contribution is 7.89. The summed E-state index contributed by atoms with van der Waals surface area (Å²) >= 11 is 1.69. The first-order valence-electron chi connectivity index (χ1n) is 11.3. The molecule has 1 aromatic carbocycles. The highest BCUT2D eigenvalue weighted by atomic mass is 32.2. The van der Waals surface area contributed by atoms with E-state index in [1.54, 1.807) is 35.6 Å². The molecule has 0 bridgehead atoms. The molecular formula is C23H31N3O5S2. The first-order valence-corrected chi connectivity index (χ1v) is 13.6. The Bertz CT molecular complexity index is 984. The Labute approximate surface area is 199 Å². The number of benzene rings is 1. The molecule has 2 aliphatic heterocycles. The molecule has 1 unspecified atom stereocenters. The summed E-state index contributed by atoms with van der Waals surface area (Å²) in [6, 6.07) is 10.8. The Kier molecular flexibility index (Phi) is 8.50. The lowest BCUT2D eigenvalue weighted by Crippen LogP contribution is -2.40. The minimum Gasteiger partial charge on any atom is -0.379 e. The van der Waals surface area contributed by atoms with Crippen LogP contribution < -0.4 is 5.32 Å². The van der Waals surface area contributed by atoms with Gasteiger partial charge in [0.1, 0.15) is 0 Å². The van der Waals surface area contributed by atoms with E-state index in [4.69, 9.17) is 9.47 Å². The van der Waals surface area contributed by atoms with Crippen molar-refractivity contribution >= 4 is 27.3 Å². The van der Waals surface area contributed by atoms with E-state index in [1.165, 1.54) is 9.18 Å². The molecule has 33 heavy (non-hydrogen) atoms. The van der Waals surface area contributed by atoms with Crippen LogP contribution in [0.3, 0.4) is 0 Å². The average molecular weight is 494 g/mol. The summed E-state index contributed by atoms with van der Waals surface area (Å²) < 4.78 is 37.9. The number of hydrogen-bond acceptors (Lipinski definition) is 7. The van der Waals surface area contributed by atoms with Crippen LogP contribution in [0.15, 0.2) is 46.7 Å². The summed E-state index contributed by atoms with van der Waals surface area (Å²) in [5, 5.41) is 5.01. The van der Waals surface area contributed by atoms with Crippen LogP contribution in [-0.4, -0.2) is 75.6 Å². The number of carbonyl (C=O) groups is 1. The number of carbonyl (C=O) groups excluding carboxylic acids is 1. The molecule has 10 heteroatoms. The van der Waals surface area contributed by atoms with Gasteiger partial charge >= 0.3 is 0 Å². The van der Waals surface area contributed by atoms with Crippen LogP contribution in [0, 0.1) is 0 Å². The van der Waals surface area contributed by atoms with Crippen LogP contribution in [0.5, 0.6) is 0 Å². The average Bonchev–Trinajstić information content (AvgIpc) is 3.53. The number of sulfonamides is 1. The minimum absolute atomic E-state index is 0.0606. The maximum absolute atomic E-state index is 12.7. The molecule has 4 rings (SSSR count). The third-order valence-electron chi connectivity index (χ3n) is 5.83. The van der Waals surface area contributed by atoms with E-state index in [1.807, 2.05) is 11.4 Å². The molecule has 0 aliphatic carbocycles. The van der Waals surface area contributed by atoms with Gasteiger partial charge in [0, 0.05) is 44.2 Å². The van der Waals surface area contributed by atoms with Crippen LogP contribution in [0.2, 0.25) is 0 Å². The van der Waals surface area contributed by atoms with E-state index < -0.39 is 10.0 Å². The summed E-state index contributed by atoms with van der Waals surface area (Å²) in [4.78, 5) is 16.3. The quantitative estimate of drug-likeness (QED) is 0.545. The molecule has 1 atom stereocenters. The molecule has 1 amide bonds. The maximum atomic E-state index is 12.7. The molecule has 0 spiro atoms. The zero-order valence-corrected chi connectivity index (χ0v) is 20.3. The van der Waals surface area contributed by atoms with Gasteiger partial charge in [-0.05, 0) is 42.0 Å². The number of hydrogen-bond donors (Lipinski definition) is 1. The lowest BCUT2D eigenvalue weighted by atomic mass is 10.2. The van der Waals surface area contributed by atoms with Crippen molar-refractivity contribution in [1.82, 2.24) is 14.5 Å². The second-order valence-electron chi connectivity index (χ2n) is 8.32. The SMILES string of the molecule is O=C(CN(Cc1cccs1)CC1CCCO1)NCc1ccc(S(=O)(=O)N2CCOCC2)cc1. The Balaban J connectivity index is 1.30. The van der Waals surface area contributed by atoms with Crippen LogP contribution in [-0.2, 0) is 37.4 Å². The van der Waals surface area contributed by atoms with Crippen molar-refractivity contribution < 1.29 is 22.7 Å². The van der Waals surface area contributed by atoms with E-state index in [0.717, 1.165) is 38.1 Å². The smallest absolute Gasteiger partial charge is 0.243 e. The molecular weight excluding hydrogens is 462 g/mol. The molecule has 2 saturated heterocycles. The highest BCUT2D eigenvalue weighted by Gasteiger charge is 2.26. The number of nitrogens with zero attached hydrogens (tertiary/aromatic N) is 2.